The second-order valence-electron chi connectivity index (χ2n) is 6.59. The Bertz CT molecular complexity index is 784. The minimum atomic E-state index is -3.71. The highest BCUT2D eigenvalue weighted by molar-refractivity contribution is 7.89. The average molecular weight is 382 g/mol. The average Bonchev–Trinajstić information content (AvgIpc) is 3.46. The maximum atomic E-state index is 12.7. The number of hydrogen-bond donors (Lipinski definition) is 2. The number of aliphatic carboxylic acids is 1. The molecule has 26 heavy (non-hydrogen) atoms. The van der Waals surface area contributed by atoms with Gasteiger partial charge in [0.1, 0.15) is 6.04 Å². The first-order chi connectivity index (χ1) is 12.4. The van der Waals surface area contributed by atoms with E-state index in [1.165, 1.54) is 28.6 Å². The van der Waals surface area contributed by atoms with Crippen molar-refractivity contribution >= 4 is 21.9 Å². The molecular formula is C17H22N2O6S. The third kappa shape index (κ3) is 4.40. The van der Waals surface area contributed by atoms with Crippen LogP contribution in [-0.2, 0) is 19.6 Å². The van der Waals surface area contributed by atoms with Crippen LogP contribution in [0.4, 0.5) is 0 Å². The first-order valence-corrected chi connectivity index (χ1v) is 10.0. The fourth-order valence-electron chi connectivity index (χ4n) is 2.88. The molecule has 2 fully saturated rings. The van der Waals surface area contributed by atoms with Gasteiger partial charge in [0.05, 0.1) is 18.1 Å². The largest absolute Gasteiger partial charge is 0.480 e. The molecule has 2 aliphatic rings. The van der Waals surface area contributed by atoms with Crippen LogP contribution >= 0.6 is 0 Å². The molecular weight excluding hydrogens is 360 g/mol. The summed E-state index contributed by atoms with van der Waals surface area (Å²) in [5.41, 5.74) is 0.126. The maximum Gasteiger partial charge on any atom is 0.326 e. The van der Waals surface area contributed by atoms with Gasteiger partial charge in [-0.15, -0.1) is 0 Å². The topological polar surface area (TPSA) is 113 Å². The Morgan fingerprint density at radius 2 is 1.96 bits per heavy atom. The molecule has 1 aliphatic heterocycles. The predicted octanol–water partition coefficient (Wildman–Crippen LogP) is 0.691. The lowest BCUT2D eigenvalue weighted by molar-refractivity contribution is -0.139. The molecule has 1 saturated heterocycles. The van der Waals surface area contributed by atoms with Crippen molar-refractivity contribution in [2.45, 2.75) is 30.2 Å². The molecule has 0 spiro atoms. The number of hydrogen-bond acceptors (Lipinski definition) is 5. The smallest absolute Gasteiger partial charge is 0.326 e. The third-order valence-electron chi connectivity index (χ3n) is 4.57. The van der Waals surface area contributed by atoms with Crippen LogP contribution in [0.1, 0.15) is 29.6 Å². The Balaban J connectivity index is 1.75. The second-order valence-corrected chi connectivity index (χ2v) is 8.53. The summed E-state index contributed by atoms with van der Waals surface area (Å²) < 4.78 is 31.9. The van der Waals surface area contributed by atoms with E-state index in [1.54, 1.807) is 0 Å². The number of morpholine rings is 1. The third-order valence-corrected chi connectivity index (χ3v) is 6.47. The van der Waals surface area contributed by atoms with E-state index >= 15 is 0 Å². The minimum Gasteiger partial charge on any atom is -0.480 e. The number of nitrogens with one attached hydrogen (secondary N) is 1. The Kier molecular flexibility index (Phi) is 5.59. The van der Waals surface area contributed by atoms with Crippen molar-refractivity contribution in [1.29, 1.82) is 0 Å². The fourth-order valence-corrected chi connectivity index (χ4v) is 4.34. The number of carbonyl (C=O) groups excluding carboxylic acids is 1. The van der Waals surface area contributed by atoms with Gasteiger partial charge in [-0.3, -0.25) is 4.79 Å². The number of carboxylic acid groups (broad SMARTS) is 1. The summed E-state index contributed by atoms with van der Waals surface area (Å²) >= 11 is 0. The van der Waals surface area contributed by atoms with E-state index in [0.717, 1.165) is 12.8 Å². The summed E-state index contributed by atoms with van der Waals surface area (Å²) in [5, 5.41) is 11.8. The maximum absolute atomic E-state index is 12.7. The minimum absolute atomic E-state index is 0.0149. The molecule has 142 valence electrons. The lowest BCUT2D eigenvalue weighted by Gasteiger charge is -2.26. The number of rotatable bonds is 7. The standard InChI is InChI=1S/C17H22N2O6S/c20-16(18-15(17(21)22)10-12-4-5-12)13-2-1-3-14(11-13)26(23,24)19-6-8-25-9-7-19/h1-3,11-12,15H,4-10H2,(H,18,20)(H,21,22). The molecule has 1 heterocycles. The van der Waals surface area contributed by atoms with E-state index in [0.29, 0.717) is 25.6 Å². The molecule has 1 aromatic carbocycles. The van der Waals surface area contributed by atoms with Crippen molar-refractivity contribution in [3.05, 3.63) is 29.8 Å². The molecule has 8 nitrogen and oxygen atoms in total. The molecule has 1 aromatic rings. The molecule has 3 rings (SSSR count). The summed E-state index contributed by atoms with van der Waals surface area (Å²) in [7, 11) is -3.71. The van der Waals surface area contributed by atoms with Crippen LogP contribution in [0.25, 0.3) is 0 Å². The summed E-state index contributed by atoms with van der Waals surface area (Å²) in [6, 6.07) is 4.72. The molecule has 2 N–H and O–H groups in total. The van der Waals surface area contributed by atoms with E-state index in [9.17, 15) is 23.1 Å². The number of sulfonamides is 1. The molecule has 1 aliphatic carbocycles. The van der Waals surface area contributed by atoms with Crippen molar-refractivity contribution in [2.24, 2.45) is 5.92 Å². The molecule has 1 saturated carbocycles. The predicted molar refractivity (Wildman–Crippen MR) is 92.3 cm³/mol. The van der Waals surface area contributed by atoms with Gasteiger partial charge in [0.25, 0.3) is 5.91 Å². The normalized spacial score (nSPS) is 19.7. The molecule has 0 bridgehead atoms. The Labute approximate surface area is 152 Å². The van der Waals surface area contributed by atoms with Crippen LogP contribution in [0, 0.1) is 5.92 Å². The van der Waals surface area contributed by atoms with Gasteiger partial charge in [-0.2, -0.15) is 4.31 Å². The number of benzene rings is 1. The van der Waals surface area contributed by atoms with Crippen molar-refractivity contribution in [2.75, 3.05) is 26.3 Å². The van der Waals surface area contributed by atoms with E-state index in [4.69, 9.17) is 4.74 Å². The van der Waals surface area contributed by atoms with Crippen LogP contribution in [0.3, 0.4) is 0 Å². The Hall–Kier alpha value is -1.97. The molecule has 1 unspecified atom stereocenters. The van der Waals surface area contributed by atoms with Crippen LogP contribution in [0.15, 0.2) is 29.2 Å². The number of amides is 1. The van der Waals surface area contributed by atoms with Crippen molar-refractivity contribution in [1.82, 2.24) is 9.62 Å². The Morgan fingerprint density at radius 1 is 1.27 bits per heavy atom. The zero-order valence-corrected chi connectivity index (χ0v) is 15.1. The second kappa shape index (κ2) is 7.73. The van der Waals surface area contributed by atoms with E-state index in [1.807, 2.05) is 0 Å². The zero-order chi connectivity index (χ0) is 18.7. The number of carboxylic acids is 1. The Morgan fingerprint density at radius 3 is 2.58 bits per heavy atom. The van der Waals surface area contributed by atoms with Crippen molar-refractivity contribution in [3.8, 4) is 0 Å². The molecule has 9 heteroatoms. The van der Waals surface area contributed by atoms with E-state index < -0.39 is 27.9 Å². The van der Waals surface area contributed by atoms with Gasteiger partial charge in [0.15, 0.2) is 0 Å². The van der Waals surface area contributed by atoms with Gasteiger partial charge in [0, 0.05) is 18.7 Å². The van der Waals surface area contributed by atoms with E-state index in [-0.39, 0.29) is 23.5 Å². The molecule has 1 amide bonds. The highest BCUT2D eigenvalue weighted by Crippen LogP contribution is 2.33. The van der Waals surface area contributed by atoms with Gasteiger partial charge in [-0.25, -0.2) is 13.2 Å². The molecule has 0 aromatic heterocycles. The van der Waals surface area contributed by atoms with Gasteiger partial charge in [-0.05, 0) is 30.5 Å². The number of ether oxygens (including phenoxy) is 1. The number of carbonyl (C=O) groups is 2. The fraction of sp³-hybridized carbons (Fsp3) is 0.529. The van der Waals surface area contributed by atoms with Crippen LogP contribution < -0.4 is 5.32 Å². The number of nitrogens with zero attached hydrogens (tertiary/aromatic N) is 1. The zero-order valence-electron chi connectivity index (χ0n) is 14.3. The van der Waals surface area contributed by atoms with Crippen LogP contribution in [0.5, 0.6) is 0 Å². The SMILES string of the molecule is O=C(NC(CC1CC1)C(=O)O)c1cccc(S(=O)(=O)N2CCOCC2)c1. The van der Waals surface area contributed by atoms with Crippen LogP contribution in [-0.4, -0.2) is 62.1 Å². The summed E-state index contributed by atoms with van der Waals surface area (Å²) in [6.45, 7) is 1.20. The first kappa shape index (κ1) is 18.8. The lowest BCUT2D eigenvalue weighted by atomic mass is 10.1. The van der Waals surface area contributed by atoms with Gasteiger partial charge < -0.3 is 15.2 Å². The highest BCUT2D eigenvalue weighted by Gasteiger charge is 2.31. The van der Waals surface area contributed by atoms with Crippen molar-refractivity contribution in [3.63, 3.8) is 0 Å². The highest BCUT2D eigenvalue weighted by atomic mass is 32.2. The van der Waals surface area contributed by atoms with Gasteiger partial charge in [0.2, 0.25) is 10.0 Å². The molecule has 0 radical (unpaired) electrons. The summed E-state index contributed by atoms with van der Waals surface area (Å²) in [5.74, 6) is -1.33. The van der Waals surface area contributed by atoms with Crippen LogP contribution in [0.2, 0.25) is 0 Å². The summed E-state index contributed by atoms with van der Waals surface area (Å²) in [4.78, 5) is 23.8. The van der Waals surface area contributed by atoms with Gasteiger partial charge >= 0.3 is 5.97 Å². The molecule has 1 atom stereocenters. The van der Waals surface area contributed by atoms with Crippen molar-refractivity contribution < 1.29 is 27.9 Å². The quantitative estimate of drug-likeness (QED) is 0.717. The van der Waals surface area contributed by atoms with Gasteiger partial charge in [-0.1, -0.05) is 18.9 Å². The van der Waals surface area contributed by atoms with E-state index in [2.05, 4.69) is 5.32 Å². The first-order valence-electron chi connectivity index (χ1n) is 8.59. The monoisotopic (exact) mass is 382 g/mol. The summed E-state index contributed by atoms with van der Waals surface area (Å²) in [6.07, 6.45) is 2.35. The lowest BCUT2D eigenvalue weighted by Crippen LogP contribution is -2.41.